The van der Waals surface area contributed by atoms with Gasteiger partial charge in [-0.2, -0.15) is 0 Å². The van der Waals surface area contributed by atoms with Crippen LogP contribution in [0, 0.1) is 0 Å². The Kier molecular flexibility index (Phi) is 4.44. The zero-order valence-electron chi connectivity index (χ0n) is 10.4. The Balaban J connectivity index is 2.13. The first kappa shape index (κ1) is 13.2. The minimum absolute atomic E-state index is 0.467. The van der Waals surface area contributed by atoms with Crippen molar-refractivity contribution in [3.8, 4) is 5.75 Å². The zero-order chi connectivity index (χ0) is 13.0. The smallest absolute Gasteiger partial charge is 0.142 e. The molecule has 1 heterocycles. The highest BCUT2D eigenvalue weighted by molar-refractivity contribution is 7.09. The SMILES string of the molecule is COc1ccccc1N(C)Cc1nc(CCl)cs1. The molecule has 0 aliphatic heterocycles. The first-order chi connectivity index (χ1) is 8.74. The van der Waals surface area contributed by atoms with Crippen LogP contribution < -0.4 is 9.64 Å². The van der Waals surface area contributed by atoms with Crippen LogP contribution in [0.1, 0.15) is 10.7 Å². The summed E-state index contributed by atoms with van der Waals surface area (Å²) in [4.78, 5) is 6.57. The van der Waals surface area contributed by atoms with E-state index >= 15 is 0 Å². The number of rotatable bonds is 5. The Morgan fingerprint density at radius 2 is 2.17 bits per heavy atom. The van der Waals surface area contributed by atoms with Crippen LogP contribution in [0.25, 0.3) is 0 Å². The quantitative estimate of drug-likeness (QED) is 0.785. The molecule has 0 fully saturated rings. The van der Waals surface area contributed by atoms with E-state index < -0.39 is 0 Å². The van der Waals surface area contributed by atoms with Crippen LogP contribution >= 0.6 is 22.9 Å². The number of halogens is 1. The second-order valence-electron chi connectivity index (χ2n) is 3.89. The van der Waals surface area contributed by atoms with Crippen molar-refractivity contribution in [1.82, 2.24) is 4.98 Å². The van der Waals surface area contributed by atoms with Gasteiger partial charge in [0.1, 0.15) is 10.8 Å². The molecule has 1 aromatic carbocycles. The number of thiazole rings is 1. The van der Waals surface area contributed by atoms with Crippen LogP contribution in [-0.2, 0) is 12.4 Å². The first-order valence-corrected chi connectivity index (χ1v) is 6.99. The van der Waals surface area contributed by atoms with Crippen LogP contribution in [0.3, 0.4) is 0 Å². The molecule has 2 aromatic rings. The normalized spacial score (nSPS) is 10.4. The number of methoxy groups -OCH3 is 1. The molecule has 0 N–H and O–H groups in total. The maximum atomic E-state index is 5.75. The molecule has 3 nitrogen and oxygen atoms in total. The van der Waals surface area contributed by atoms with Gasteiger partial charge in [-0.05, 0) is 12.1 Å². The van der Waals surface area contributed by atoms with Crippen LogP contribution in [0.15, 0.2) is 29.6 Å². The number of benzene rings is 1. The van der Waals surface area contributed by atoms with Gasteiger partial charge >= 0.3 is 0 Å². The van der Waals surface area contributed by atoms with Gasteiger partial charge in [0.05, 0.1) is 30.9 Å². The third kappa shape index (κ3) is 2.94. The van der Waals surface area contributed by atoms with Crippen molar-refractivity contribution in [3.05, 3.63) is 40.3 Å². The van der Waals surface area contributed by atoms with Gasteiger partial charge in [0.2, 0.25) is 0 Å². The number of nitrogens with zero attached hydrogens (tertiary/aromatic N) is 2. The van der Waals surface area contributed by atoms with Crippen molar-refractivity contribution < 1.29 is 4.74 Å². The summed E-state index contributed by atoms with van der Waals surface area (Å²) in [5, 5.41) is 3.05. The lowest BCUT2D eigenvalue weighted by molar-refractivity contribution is 0.415. The lowest BCUT2D eigenvalue weighted by Crippen LogP contribution is -2.17. The molecule has 18 heavy (non-hydrogen) atoms. The largest absolute Gasteiger partial charge is 0.495 e. The average molecular weight is 283 g/mol. The molecule has 0 aliphatic rings. The van der Waals surface area contributed by atoms with E-state index in [2.05, 4.69) is 9.88 Å². The molecule has 0 unspecified atom stereocenters. The summed E-state index contributed by atoms with van der Waals surface area (Å²) in [5.74, 6) is 1.34. The molecular formula is C13H15ClN2OS. The van der Waals surface area contributed by atoms with E-state index in [9.17, 15) is 0 Å². The fraction of sp³-hybridized carbons (Fsp3) is 0.308. The van der Waals surface area contributed by atoms with Gasteiger partial charge in [-0.1, -0.05) is 12.1 Å². The van der Waals surface area contributed by atoms with E-state index in [1.165, 1.54) is 0 Å². The van der Waals surface area contributed by atoms with E-state index in [1.807, 2.05) is 36.7 Å². The molecule has 0 amide bonds. The summed E-state index contributed by atoms with van der Waals surface area (Å²) < 4.78 is 5.35. The number of hydrogen-bond donors (Lipinski definition) is 0. The van der Waals surface area contributed by atoms with E-state index in [4.69, 9.17) is 16.3 Å². The Labute approximate surface area is 116 Å². The Hall–Kier alpha value is -1.26. The van der Waals surface area contributed by atoms with E-state index in [-0.39, 0.29) is 0 Å². The predicted octanol–water partition coefficient (Wildman–Crippen LogP) is 3.53. The Bertz CT molecular complexity index is 515. The molecule has 0 bridgehead atoms. The summed E-state index contributed by atoms with van der Waals surface area (Å²) >= 11 is 7.38. The average Bonchev–Trinajstić information content (AvgIpc) is 2.86. The maximum Gasteiger partial charge on any atom is 0.142 e. The number of anilines is 1. The maximum absolute atomic E-state index is 5.75. The van der Waals surface area contributed by atoms with Crippen molar-refractivity contribution in [3.63, 3.8) is 0 Å². The van der Waals surface area contributed by atoms with E-state index in [0.29, 0.717) is 5.88 Å². The van der Waals surface area contributed by atoms with Gasteiger partial charge in [0, 0.05) is 12.4 Å². The second kappa shape index (κ2) is 6.07. The number of alkyl halides is 1. The third-order valence-corrected chi connectivity index (χ3v) is 3.76. The van der Waals surface area contributed by atoms with Gasteiger partial charge in [-0.15, -0.1) is 22.9 Å². The summed E-state index contributed by atoms with van der Waals surface area (Å²) in [6.07, 6.45) is 0. The molecular weight excluding hydrogens is 268 g/mol. The van der Waals surface area contributed by atoms with Crippen molar-refractivity contribution in [2.75, 3.05) is 19.1 Å². The molecule has 1 aromatic heterocycles. The summed E-state index contributed by atoms with van der Waals surface area (Å²) in [5.41, 5.74) is 1.99. The summed E-state index contributed by atoms with van der Waals surface area (Å²) in [6.45, 7) is 0.752. The minimum Gasteiger partial charge on any atom is -0.495 e. The molecule has 0 radical (unpaired) electrons. The number of aromatic nitrogens is 1. The summed E-state index contributed by atoms with van der Waals surface area (Å²) in [7, 11) is 3.71. The summed E-state index contributed by atoms with van der Waals surface area (Å²) in [6, 6.07) is 7.96. The molecule has 0 saturated heterocycles. The zero-order valence-corrected chi connectivity index (χ0v) is 12.0. The van der Waals surface area contributed by atoms with Gasteiger partial charge in [-0.25, -0.2) is 4.98 Å². The second-order valence-corrected chi connectivity index (χ2v) is 5.10. The fourth-order valence-corrected chi connectivity index (χ4v) is 2.79. The standard InChI is InChI=1S/C13H15ClN2OS/c1-16(8-13-15-10(7-14)9-18-13)11-5-3-4-6-12(11)17-2/h3-6,9H,7-8H2,1-2H3. The third-order valence-electron chi connectivity index (χ3n) is 2.61. The van der Waals surface area contributed by atoms with Crippen LogP contribution in [0.4, 0.5) is 5.69 Å². The lowest BCUT2D eigenvalue weighted by Gasteiger charge is -2.20. The number of para-hydroxylation sites is 2. The van der Waals surface area contributed by atoms with E-state index in [0.717, 1.165) is 28.7 Å². The first-order valence-electron chi connectivity index (χ1n) is 5.58. The molecule has 0 saturated carbocycles. The van der Waals surface area contributed by atoms with Crippen LogP contribution in [-0.4, -0.2) is 19.1 Å². The molecule has 96 valence electrons. The monoisotopic (exact) mass is 282 g/mol. The van der Waals surface area contributed by atoms with Crippen molar-refractivity contribution in [2.24, 2.45) is 0 Å². The predicted molar refractivity (Wildman–Crippen MR) is 76.8 cm³/mol. The molecule has 5 heteroatoms. The highest BCUT2D eigenvalue weighted by Crippen LogP contribution is 2.28. The molecule has 2 rings (SSSR count). The van der Waals surface area contributed by atoms with Crippen LogP contribution in [0.2, 0.25) is 0 Å². The van der Waals surface area contributed by atoms with Crippen molar-refractivity contribution in [1.29, 1.82) is 0 Å². The Morgan fingerprint density at radius 3 is 2.83 bits per heavy atom. The number of hydrogen-bond acceptors (Lipinski definition) is 4. The molecule has 0 spiro atoms. The topological polar surface area (TPSA) is 25.4 Å². The van der Waals surface area contributed by atoms with Gasteiger partial charge < -0.3 is 9.64 Å². The lowest BCUT2D eigenvalue weighted by atomic mass is 10.2. The number of ether oxygens (including phenoxy) is 1. The minimum atomic E-state index is 0.467. The van der Waals surface area contributed by atoms with Crippen molar-refractivity contribution in [2.45, 2.75) is 12.4 Å². The molecule has 0 aliphatic carbocycles. The van der Waals surface area contributed by atoms with Gasteiger partial charge in [0.25, 0.3) is 0 Å². The molecule has 0 atom stereocenters. The van der Waals surface area contributed by atoms with Gasteiger partial charge in [-0.3, -0.25) is 0 Å². The van der Waals surface area contributed by atoms with E-state index in [1.54, 1.807) is 18.4 Å². The van der Waals surface area contributed by atoms with Crippen LogP contribution in [0.5, 0.6) is 5.75 Å². The highest BCUT2D eigenvalue weighted by atomic mass is 35.5. The fourth-order valence-electron chi connectivity index (χ4n) is 1.72. The Morgan fingerprint density at radius 1 is 1.39 bits per heavy atom. The highest BCUT2D eigenvalue weighted by Gasteiger charge is 2.09. The van der Waals surface area contributed by atoms with Crippen molar-refractivity contribution >= 4 is 28.6 Å². The van der Waals surface area contributed by atoms with Gasteiger partial charge in [0.15, 0.2) is 0 Å².